The van der Waals surface area contributed by atoms with Crippen LogP contribution in [0.15, 0.2) is 12.1 Å². The summed E-state index contributed by atoms with van der Waals surface area (Å²) in [4.78, 5) is 1.34. The van der Waals surface area contributed by atoms with Crippen molar-refractivity contribution in [2.45, 2.75) is 40.5 Å². The summed E-state index contributed by atoms with van der Waals surface area (Å²) in [6.45, 7) is 8.42. The van der Waals surface area contributed by atoms with Crippen molar-refractivity contribution in [1.29, 1.82) is 5.26 Å². The maximum Gasteiger partial charge on any atom is 0.118 e. The minimum absolute atomic E-state index is 0.839. The lowest BCUT2D eigenvalue weighted by Crippen LogP contribution is -1.98. The molecule has 0 aliphatic heterocycles. The van der Waals surface area contributed by atoms with Crippen molar-refractivity contribution in [3.63, 3.8) is 0 Å². The summed E-state index contributed by atoms with van der Waals surface area (Å²) in [6, 6.07) is 6.58. The summed E-state index contributed by atoms with van der Waals surface area (Å²) >= 11 is 1.76. The van der Waals surface area contributed by atoms with Gasteiger partial charge in [0.25, 0.3) is 0 Å². The van der Waals surface area contributed by atoms with Gasteiger partial charge in [-0.05, 0) is 44.9 Å². The van der Waals surface area contributed by atoms with Crippen molar-refractivity contribution >= 4 is 11.3 Å². The molecule has 0 radical (unpaired) electrons. The van der Waals surface area contributed by atoms with Crippen LogP contribution in [0.1, 0.15) is 40.7 Å². The number of rotatable bonds is 3. The molecule has 2 nitrogen and oxygen atoms in total. The number of hydrogen-bond acceptors (Lipinski definition) is 2. The predicted molar refractivity (Wildman–Crippen MR) is 76.6 cm³/mol. The van der Waals surface area contributed by atoms with Gasteiger partial charge in [0.15, 0.2) is 0 Å². The molecule has 94 valence electrons. The molecule has 18 heavy (non-hydrogen) atoms. The Morgan fingerprint density at radius 3 is 2.33 bits per heavy atom. The maximum atomic E-state index is 9.40. The summed E-state index contributed by atoms with van der Waals surface area (Å²) in [5.41, 5.74) is 4.37. The van der Waals surface area contributed by atoms with Gasteiger partial charge in [0, 0.05) is 16.3 Å². The first-order valence-corrected chi connectivity index (χ1v) is 7.09. The van der Waals surface area contributed by atoms with Gasteiger partial charge >= 0.3 is 0 Å². The third-order valence-electron chi connectivity index (χ3n) is 3.29. The molecule has 2 aromatic rings. The van der Waals surface area contributed by atoms with E-state index in [0.717, 1.165) is 29.0 Å². The van der Waals surface area contributed by atoms with Gasteiger partial charge in [0.2, 0.25) is 0 Å². The minimum Gasteiger partial charge on any atom is -0.309 e. The average Bonchev–Trinajstić information content (AvgIpc) is 2.81. The molecule has 2 heterocycles. The average molecular weight is 258 g/mol. The number of thiophene rings is 1. The van der Waals surface area contributed by atoms with E-state index in [1.54, 1.807) is 11.3 Å². The van der Waals surface area contributed by atoms with Crippen LogP contribution in [0.5, 0.6) is 0 Å². The summed E-state index contributed by atoms with van der Waals surface area (Å²) in [6.07, 6.45) is 2.18. The van der Waals surface area contributed by atoms with Gasteiger partial charge < -0.3 is 4.57 Å². The van der Waals surface area contributed by atoms with Crippen molar-refractivity contribution in [2.75, 3.05) is 0 Å². The van der Waals surface area contributed by atoms with E-state index in [9.17, 15) is 5.26 Å². The van der Waals surface area contributed by atoms with E-state index >= 15 is 0 Å². The van der Waals surface area contributed by atoms with Gasteiger partial charge in [0.1, 0.15) is 11.1 Å². The second-order valence-electron chi connectivity index (χ2n) is 4.64. The van der Waals surface area contributed by atoms with E-state index in [0.29, 0.717) is 0 Å². The second-order valence-corrected chi connectivity index (χ2v) is 5.73. The highest BCUT2D eigenvalue weighted by Gasteiger charge is 2.17. The molecule has 0 saturated carbocycles. The molecule has 3 heteroatoms. The van der Waals surface area contributed by atoms with Crippen LogP contribution in [-0.4, -0.2) is 4.57 Å². The van der Waals surface area contributed by atoms with E-state index in [2.05, 4.69) is 50.5 Å². The van der Waals surface area contributed by atoms with Gasteiger partial charge in [-0.25, -0.2) is 0 Å². The first-order valence-electron chi connectivity index (χ1n) is 6.27. The molecule has 0 bridgehead atoms. The number of aromatic nitrogens is 1. The Balaban J connectivity index is 2.65. The molecule has 2 aromatic heterocycles. The third kappa shape index (κ3) is 1.97. The predicted octanol–water partition coefficient (Wildman–Crippen LogP) is 4.29. The van der Waals surface area contributed by atoms with Crippen molar-refractivity contribution < 1.29 is 0 Å². The fraction of sp³-hybridized carbons (Fsp3) is 0.400. The van der Waals surface area contributed by atoms with Crippen LogP contribution in [0.3, 0.4) is 0 Å². The Morgan fingerprint density at radius 1 is 1.22 bits per heavy atom. The van der Waals surface area contributed by atoms with Gasteiger partial charge in [-0.15, -0.1) is 11.3 Å². The molecule has 0 fully saturated rings. The van der Waals surface area contributed by atoms with Crippen LogP contribution < -0.4 is 0 Å². The smallest absolute Gasteiger partial charge is 0.118 e. The topological polar surface area (TPSA) is 28.7 Å². The molecule has 0 N–H and O–H groups in total. The van der Waals surface area contributed by atoms with Crippen LogP contribution in [0.2, 0.25) is 0 Å². The molecule has 0 saturated heterocycles. The normalized spacial score (nSPS) is 10.6. The van der Waals surface area contributed by atoms with E-state index in [-0.39, 0.29) is 0 Å². The summed E-state index contributed by atoms with van der Waals surface area (Å²) in [5, 5.41) is 10.5. The van der Waals surface area contributed by atoms with Crippen LogP contribution in [0, 0.1) is 32.1 Å². The largest absolute Gasteiger partial charge is 0.309 e. The number of hydrogen-bond donors (Lipinski definition) is 0. The van der Waals surface area contributed by atoms with E-state index in [1.165, 1.54) is 16.3 Å². The zero-order valence-corrected chi connectivity index (χ0v) is 12.2. The zero-order chi connectivity index (χ0) is 13.3. The van der Waals surface area contributed by atoms with Crippen molar-refractivity contribution in [2.24, 2.45) is 0 Å². The first-order chi connectivity index (χ1) is 8.60. The lowest BCUT2D eigenvalue weighted by atomic mass is 10.1. The van der Waals surface area contributed by atoms with E-state index < -0.39 is 0 Å². The van der Waals surface area contributed by atoms with Crippen LogP contribution in [0.4, 0.5) is 0 Å². The third-order valence-corrected chi connectivity index (χ3v) is 4.63. The highest BCUT2D eigenvalue weighted by molar-refractivity contribution is 7.15. The minimum atomic E-state index is 0.839. The van der Waals surface area contributed by atoms with E-state index in [1.807, 2.05) is 0 Å². The van der Waals surface area contributed by atoms with Gasteiger partial charge in [-0.2, -0.15) is 5.26 Å². The lowest BCUT2D eigenvalue weighted by molar-refractivity contribution is 0.932. The summed E-state index contributed by atoms with van der Waals surface area (Å²) in [5.74, 6) is 0. The highest BCUT2D eigenvalue weighted by Crippen LogP contribution is 2.33. The molecule has 0 atom stereocenters. The Labute approximate surface area is 112 Å². The fourth-order valence-corrected chi connectivity index (χ4v) is 3.76. The van der Waals surface area contributed by atoms with Gasteiger partial charge in [-0.1, -0.05) is 13.3 Å². The first kappa shape index (κ1) is 12.9. The lowest BCUT2D eigenvalue weighted by Gasteiger charge is -2.06. The van der Waals surface area contributed by atoms with Crippen LogP contribution in [-0.2, 0) is 6.42 Å². The van der Waals surface area contributed by atoms with Crippen LogP contribution in [0.25, 0.3) is 5.00 Å². The molecule has 0 amide bonds. The SMILES string of the molecule is CCCc1sc(-n2c(C)ccc2C)c(C#N)c1C. The molecule has 0 aliphatic rings. The molecular formula is C15H18N2S. The van der Waals surface area contributed by atoms with Crippen LogP contribution >= 0.6 is 11.3 Å². The standard InChI is InChI=1S/C15H18N2S/c1-5-6-14-12(4)13(9-16)15(18-14)17-10(2)7-8-11(17)3/h7-8H,5-6H2,1-4H3. The molecule has 2 rings (SSSR count). The molecule has 0 unspecified atom stereocenters. The Morgan fingerprint density at radius 2 is 1.83 bits per heavy atom. The summed E-state index contributed by atoms with van der Waals surface area (Å²) < 4.78 is 2.19. The molecule has 0 aromatic carbocycles. The Hall–Kier alpha value is -1.53. The number of nitriles is 1. The fourth-order valence-electron chi connectivity index (χ4n) is 2.29. The van der Waals surface area contributed by atoms with Crippen molar-refractivity contribution in [1.82, 2.24) is 4.57 Å². The molecule has 0 aliphatic carbocycles. The monoisotopic (exact) mass is 258 g/mol. The summed E-state index contributed by atoms with van der Waals surface area (Å²) in [7, 11) is 0. The Bertz CT molecular complexity index is 592. The van der Waals surface area contributed by atoms with Gasteiger partial charge in [-0.3, -0.25) is 0 Å². The Kier molecular flexibility index (Phi) is 3.58. The van der Waals surface area contributed by atoms with Crippen molar-refractivity contribution in [3.05, 3.63) is 39.5 Å². The van der Waals surface area contributed by atoms with E-state index in [4.69, 9.17) is 0 Å². The quantitative estimate of drug-likeness (QED) is 0.807. The second kappa shape index (κ2) is 4.99. The molecule has 0 spiro atoms. The highest BCUT2D eigenvalue weighted by atomic mass is 32.1. The van der Waals surface area contributed by atoms with Gasteiger partial charge in [0.05, 0.1) is 5.56 Å². The number of nitrogens with zero attached hydrogens (tertiary/aromatic N) is 2. The zero-order valence-electron chi connectivity index (χ0n) is 11.4. The maximum absolute atomic E-state index is 9.40. The molecular weight excluding hydrogens is 240 g/mol. The number of aryl methyl sites for hydroxylation is 3. The van der Waals surface area contributed by atoms with Crippen molar-refractivity contribution in [3.8, 4) is 11.1 Å².